The number of benzene rings is 2. The van der Waals surface area contributed by atoms with Crippen molar-refractivity contribution in [1.29, 1.82) is 0 Å². The zero-order valence-corrected chi connectivity index (χ0v) is 12.9. The lowest BCUT2D eigenvalue weighted by Gasteiger charge is -2.15. The van der Waals surface area contributed by atoms with E-state index in [-0.39, 0.29) is 6.04 Å². The minimum atomic E-state index is -0.204. The van der Waals surface area contributed by atoms with Gasteiger partial charge in [-0.05, 0) is 35.4 Å². The Morgan fingerprint density at radius 1 is 0.955 bits per heavy atom. The standard InChI is InChI=1S/C17H22N2O3/c1-20-14-6-3-12(4-7-14)11-22-16-8-5-13(15(19)10-18)9-17(16)21-2/h3-9,15H,10-11,18-19H2,1-2H3. The van der Waals surface area contributed by atoms with Crippen LogP contribution in [0.1, 0.15) is 17.2 Å². The Bertz CT molecular complexity index is 599. The number of nitrogens with two attached hydrogens (primary N) is 2. The number of methoxy groups -OCH3 is 2. The molecule has 0 bridgehead atoms. The average Bonchev–Trinajstić information content (AvgIpc) is 2.59. The maximum Gasteiger partial charge on any atom is 0.161 e. The molecule has 0 fully saturated rings. The van der Waals surface area contributed by atoms with E-state index >= 15 is 0 Å². The maximum absolute atomic E-state index is 5.93. The summed E-state index contributed by atoms with van der Waals surface area (Å²) in [5, 5.41) is 0. The molecule has 22 heavy (non-hydrogen) atoms. The SMILES string of the molecule is COc1ccc(COc2ccc(C(N)CN)cc2OC)cc1. The van der Waals surface area contributed by atoms with Crippen molar-refractivity contribution in [3.63, 3.8) is 0 Å². The summed E-state index contributed by atoms with van der Waals surface area (Å²) < 4.78 is 16.3. The van der Waals surface area contributed by atoms with Gasteiger partial charge in [0.2, 0.25) is 0 Å². The molecule has 0 heterocycles. The second kappa shape index (κ2) is 7.68. The lowest BCUT2D eigenvalue weighted by Crippen LogP contribution is -2.20. The lowest BCUT2D eigenvalue weighted by molar-refractivity contribution is 0.284. The van der Waals surface area contributed by atoms with Crippen molar-refractivity contribution in [2.24, 2.45) is 11.5 Å². The second-order valence-electron chi connectivity index (χ2n) is 4.89. The molecule has 5 heteroatoms. The van der Waals surface area contributed by atoms with Crippen molar-refractivity contribution in [2.75, 3.05) is 20.8 Å². The summed E-state index contributed by atoms with van der Waals surface area (Å²) in [5.41, 5.74) is 13.5. The molecule has 0 amide bonds. The number of rotatable bonds is 7. The average molecular weight is 302 g/mol. The predicted molar refractivity (Wildman–Crippen MR) is 86.3 cm³/mol. The Labute approximate surface area is 130 Å². The first-order valence-electron chi connectivity index (χ1n) is 7.07. The molecule has 0 aliphatic heterocycles. The Morgan fingerprint density at radius 3 is 2.27 bits per heavy atom. The summed E-state index contributed by atoms with van der Waals surface area (Å²) in [6.45, 7) is 0.831. The fourth-order valence-electron chi connectivity index (χ4n) is 2.05. The quantitative estimate of drug-likeness (QED) is 0.820. The largest absolute Gasteiger partial charge is 0.497 e. The van der Waals surface area contributed by atoms with E-state index in [0.29, 0.717) is 24.7 Å². The van der Waals surface area contributed by atoms with Crippen LogP contribution in [0.3, 0.4) is 0 Å². The zero-order chi connectivity index (χ0) is 15.9. The van der Waals surface area contributed by atoms with Crippen molar-refractivity contribution >= 4 is 0 Å². The zero-order valence-electron chi connectivity index (χ0n) is 12.9. The Hall–Kier alpha value is -2.24. The fraction of sp³-hybridized carbons (Fsp3) is 0.294. The highest BCUT2D eigenvalue weighted by atomic mass is 16.5. The van der Waals surface area contributed by atoms with Crippen molar-refractivity contribution in [2.45, 2.75) is 12.6 Å². The maximum atomic E-state index is 5.93. The molecule has 0 saturated heterocycles. The van der Waals surface area contributed by atoms with Crippen molar-refractivity contribution < 1.29 is 14.2 Å². The third-order valence-corrected chi connectivity index (χ3v) is 3.42. The van der Waals surface area contributed by atoms with Crippen LogP contribution in [0.5, 0.6) is 17.2 Å². The van der Waals surface area contributed by atoms with E-state index in [4.69, 9.17) is 25.7 Å². The smallest absolute Gasteiger partial charge is 0.161 e. The molecule has 0 radical (unpaired) electrons. The van der Waals surface area contributed by atoms with Gasteiger partial charge in [0.25, 0.3) is 0 Å². The van der Waals surface area contributed by atoms with Crippen molar-refractivity contribution in [3.05, 3.63) is 53.6 Å². The van der Waals surface area contributed by atoms with E-state index in [9.17, 15) is 0 Å². The van der Waals surface area contributed by atoms with Crippen molar-refractivity contribution in [3.8, 4) is 17.2 Å². The van der Waals surface area contributed by atoms with Gasteiger partial charge in [0.05, 0.1) is 14.2 Å². The van der Waals surface area contributed by atoms with Crippen LogP contribution in [0.4, 0.5) is 0 Å². The molecule has 1 unspecified atom stereocenters. The second-order valence-corrected chi connectivity index (χ2v) is 4.89. The van der Waals surface area contributed by atoms with E-state index in [1.807, 2.05) is 42.5 Å². The third kappa shape index (κ3) is 3.90. The summed E-state index contributed by atoms with van der Waals surface area (Å²) in [7, 11) is 3.25. The minimum Gasteiger partial charge on any atom is -0.497 e. The molecular formula is C17H22N2O3. The van der Waals surface area contributed by atoms with Gasteiger partial charge >= 0.3 is 0 Å². The van der Waals surface area contributed by atoms with E-state index in [2.05, 4.69) is 0 Å². The molecule has 5 nitrogen and oxygen atoms in total. The first kappa shape index (κ1) is 16.1. The minimum absolute atomic E-state index is 0.204. The van der Waals surface area contributed by atoms with Gasteiger partial charge in [-0.1, -0.05) is 18.2 Å². The first-order chi connectivity index (χ1) is 10.7. The van der Waals surface area contributed by atoms with Crippen LogP contribution < -0.4 is 25.7 Å². The number of ether oxygens (including phenoxy) is 3. The summed E-state index contributed by atoms with van der Waals surface area (Å²) >= 11 is 0. The van der Waals surface area contributed by atoms with Crippen LogP contribution in [-0.2, 0) is 6.61 Å². The van der Waals surface area contributed by atoms with Gasteiger partial charge in [-0.3, -0.25) is 0 Å². The molecular weight excluding hydrogens is 280 g/mol. The van der Waals surface area contributed by atoms with E-state index < -0.39 is 0 Å². The summed E-state index contributed by atoms with van der Waals surface area (Å²) in [4.78, 5) is 0. The topological polar surface area (TPSA) is 79.7 Å². The van der Waals surface area contributed by atoms with Crippen LogP contribution >= 0.6 is 0 Å². The molecule has 0 aliphatic carbocycles. The molecule has 4 N–H and O–H groups in total. The molecule has 2 rings (SSSR count). The van der Waals surface area contributed by atoms with Gasteiger partial charge in [0.15, 0.2) is 11.5 Å². The van der Waals surface area contributed by atoms with Gasteiger partial charge in [-0.2, -0.15) is 0 Å². The van der Waals surface area contributed by atoms with Gasteiger partial charge < -0.3 is 25.7 Å². The van der Waals surface area contributed by atoms with Crippen molar-refractivity contribution in [1.82, 2.24) is 0 Å². The predicted octanol–water partition coefficient (Wildman–Crippen LogP) is 2.24. The molecule has 0 saturated carbocycles. The highest BCUT2D eigenvalue weighted by Crippen LogP contribution is 2.30. The van der Waals surface area contributed by atoms with Crippen LogP contribution in [0.2, 0.25) is 0 Å². The van der Waals surface area contributed by atoms with Crippen LogP contribution in [0.15, 0.2) is 42.5 Å². The van der Waals surface area contributed by atoms with E-state index in [0.717, 1.165) is 16.9 Å². The van der Waals surface area contributed by atoms with Gasteiger partial charge in [-0.15, -0.1) is 0 Å². The normalized spacial score (nSPS) is 11.8. The molecule has 2 aromatic rings. The van der Waals surface area contributed by atoms with Gasteiger partial charge in [0, 0.05) is 12.6 Å². The van der Waals surface area contributed by atoms with Crippen LogP contribution in [0.25, 0.3) is 0 Å². The molecule has 2 aromatic carbocycles. The number of hydrogen-bond donors (Lipinski definition) is 2. The summed E-state index contributed by atoms with van der Waals surface area (Å²) in [6.07, 6.45) is 0. The van der Waals surface area contributed by atoms with Gasteiger partial charge in [0.1, 0.15) is 12.4 Å². The van der Waals surface area contributed by atoms with Crippen LogP contribution in [0, 0.1) is 0 Å². The molecule has 118 valence electrons. The summed E-state index contributed by atoms with van der Waals surface area (Å²) in [5.74, 6) is 2.14. The van der Waals surface area contributed by atoms with E-state index in [1.165, 1.54) is 0 Å². The lowest BCUT2D eigenvalue weighted by atomic mass is 10.1. The highest BCUT2D eigenvalue weighted by molar-refractivity contribution is 5.44. The molecule has 0 aliphatic rings. The molecule has 0 spiro atoms. The monoisotopic (exact) mass is 302 g/mol. The van der Waals surface area contributed by atoms with Crippen LogP contribution in [-0.4, -0.2) is 20.8 Å². The summed E-state index contributed by atoms with van der Waals surface area (Å²) in [6, 6.07) is 13.1. The Kier molecular flexibility index (Phi) is 5.63. The fourth-order valence-corrected chi connectivity index (χ4v) is 2.05. The Balaban J connectivity index is 2.08. The third-order valence-electron chi connectivity index (χ3n) is 3.42. The molecule has 1 atom stereocenters. The Morgan fingerprint density at radius 2 is 1.68 bits per heavy atom. The molecule has 0 aromatic heterocycles. The van der Waals surface area contributed by atoms with E-state index in [1.54, 1.807) is 14.2 Å². The van der Waals surface area contributed by atoms with Gasteiger partial charge in [-0.25, -0.2) is 0 Å². The highest BCUT2D eigenvalue weighted by Gasteiger charge is 2.10. The number of hydrogen-bond acceptors (Lipinski definition) is 5. The first-order valence-corrected chi connectivity index (χ1v) is 7.07.